The zero-order valence-electron chi connectivity index (χ0n) is 15.3. The van der Waals surface area contributed by atoms with Gasteiger partial charge in [0.25, 0.3) is 0 Å². The summed E-state index contributed by atoms with van der Waals surface area (Å²) in [5.74, 6) is 2.01. The van der Waals surface area contributed by atoms with Crippen LogP contribution >= 0.6 is 11.6 Å². The molecule has 0 heterocycles. The number of hydrogen-bond acceptors (Lipinski definition) is 4. The molecule has 0 saturated heterocycles. The number of ether oxygens (including phenoxy) is 3. The predicted molar refractivity (Wildman–Crippen MR) is 104 cm³/mol. The van der Waals surface area contributed by atoms with Crippen LogP contribution in [0, 0.1) is 6.92 Å². The summed E-state index contributed by atoms with van der Waals surface area (Å²) in [5.41, 5.74) is 1.49. The highest BCUT2D eigenvalue weighted by atomic mass is 35.5. The second-order valence-corrected chi connectivity index (χ2v) is 6.11. The Kier molecular flexibility index (Phi) is 7.60. The Labute approximate surface area is 159 Å². The maximum absolute atomic E-state index is 12.1. The summed E-state index contributed by atoms with van der Waals surface area (Å²) in [4.78, 5) is 12.1. The van der Waals surface area contributed by atoms with Crippen molar-refractivity contribution in [2.45, 2.75) is 26.7 Å². The highest BCUT2D eigenvalue weighted by Gasteiger charge is 2.10. The van der Waals surface area contributed by atoms with Crippen molar-refractivity contribution in [3.05, 3.63) is 47.0 Å². The second kappa shape index (κ2) is 9.92. The third-order valence-electron chi connectivity index (χ3n) is 3.71. The predicted octanol–water partition coefficient (Wildman–Crippen LogP) is 4.85. The molecule has 0 saturated carbocycles. The van der Waals surface area contributed by atoms with Crippen molar-refractivity contribution in [3.63, 3.8) is 0 Å². The van der Waals surface area contributed by atoms with Crippen LogP contribution in [0.3, 0.4) is 0 Å². The van der Waals surface area contributed by atoms with Crippen LogP contribution in [0.15, 0.2) is 36.4 Å². The van der Waals surface area contributed by atoms with Crippen molar-refractivity contribution >= 4 is 23.2 Å². The Hall–Kier alpha value is -2.40. The van der Waals surface area contributed by atoms with Gasteiger partial charge in [-0.05, 0) is 56.2 Å². The number of anilines is 1. The standard InChI is InChI=1S/C20H24ClNO4/c1-4-25-15-7-9-16(10-8-15)26-11-5-6-20(23)22-18-12-14(2)17(21)13-19(18)24-3/h7-10,12-13H,4-6,11H2,1-3H3,(H,22,23). The van der Waals surface area contributed by atoms with Crippen LogP contribution in [-0.4, -0.2) is 26.2 Å². The molecule has 0 aliphatic rings. The molecule has 6 heteroatoms. The molecular weight excluding hydrogens is 354 g/mol. The van der Waals surface area contributed by atoms with E-state index in [1.54, 1.807) is 19.2 Å². The van der Waals surface area contributed by atoms with Gasteiger partial charge in [0.1, 0.15) is 17.2 Å². The summed E-state index contributed by atoms with van der Waals surface area (Å²) < 4.78 is 16.3. The van der Waals surface area contributed by atoms with E-state index in [2.05, 4.69) is 5.32 Å². The Bertz CT molecular complexity index is 731. The van der Waals surface area contributed by atoms with E-state index in [1.807, 2.05) is 38.1 Å². The molecule has 26 heavy (non-hydrogen) atoms. The molecule has 0 spiro atoms. The van der Waals surface area contributed by atoms with Crippen molar-refractivity contribution in [1.29, 1.82) is 0 Å². The van der Waals surface area contributed by atoms with Gasteiger partial charge in [-0.3, -0.25) is 4.79 Å². The molecule has 0 unspecified atom stereocenters. The van der Waals surface area contributed by atoms with Crippen LogP contribution in [0.4, 0.5) is 5.69 Å². The van der Waals surface area contributed by atoms with Gasteiger partial charge < -0.3 is 19.5 Å². The topological polar surface area (TPSA) is 56.8 Å². The first-order chi connectivity index (χ1) is 12.5. The molecule has 2 rings (SSSR count). The monoisotopic (exact) mass is 377 g/mol. The molecule has 0 bridgehead atoms. The highest BCUT2D eigenvalue weighted by molar-refractivity contribution is 6.31. The number of amides is 1. The summed E-state index contributed by atoms with van der Waals surface area (Å²) in [6, 6.07) is 10.9. The lowest BCUT2D eigenvalue weighted by Crippen LogP contribution is -2.13. The first-order valence-corrected chi connectivity index (χ1v) is 8.91. The fourth-order valence-corrected chi connectivity index (χ4v) is 2.52. The Morgan fingerprint density at radius 2 is 1.77 bits per heavy atom. The summed E-state index contributed by atoms with van der Waals surface area (Å²) in [5, 5.41) is 3.46. The number of nitrogens with one attached hydrogen (secondary N) is 1. The number of aryl methyl sites for hydroxylation is 1. The van der Waals surface area contributed by atoms with Crippen LogP contribution in [0.25, 0.3) is 0 Å². The number of benzene rings is 2. The number of halogens is 1. The van der Waals surface area contributed by atoms with Crippen LogP contribution in [-0.2, 0) is 4.79 Å². The van der Waals surface area contributed by atoms with Crippen LogP contribution in [0.2, 0.25) is 5.02 Å². The van der Waals surface area contributed by atoms with Crippen molar-refractivity contribution in [2.75, 3.05) is 25.6 Å². The van der Waals surface area contributed by atoms with Crippen molar-refractivity contribution in [1.82, 2.24) is 0 Å². The van der Waals surface area contributed by atoms with Gasteiger partial charge in [-0.1, -0.05) is 11.6 Å². The number of methoxy groups -OCH3 is 1. The number of carbonyl (C=O) groups is 1. The van der Waals surface area contributed by atoms with Gasteiger partial charge in [0.05, 0.1) is 26.0 Å². The molecule has 1 amide bonds. The van der Waals surface area contributed by atoms with Crippen molar-refractivity contribution in [2.24, 2.45) is 0 Å². The van der Waals surface area contributed by atoms with Crippen LogP contribution in [0.1, 0.15) is 25.3 Å². The maximum Gasteiger partial charge on any atom is 0.224 e. The van der Waals surface area contributed by atoms with Crippen LogP contribution < -0.4 is 19.5 Å². The van der Waals surface area contributed by atoms with E-state index in [0.29, 0.717) is 42.5 Å². The van der Waals surface area contributed by atoms with E-state index < -0.39 is 0 Å². The molecular formula is C20H24ClNO4. The van der Waals surface area contributed by atoms with Crippen LogP contribution in [0.5, 0.6) is 17.2 Å². The first kappa shape index (κ1) is 19.9. The quantitative estimate of drug-likeness (QED) is 0.634. The van der Waals surface area contributed by atoms with E-state index in [0.717, 1.165) is 17.1 Å². The van der Waals surface area contributed by atoms with Crippen molar-refractivity contribution < 1.29 is 19.0 Å². The highest BCUT2D eigenvalue weighted by Crippen LogP contribution is 2.31. The zero-order valence-corrected chi connectivity index (χ0v) is 16.1. The van der Waals surface area contributed by atoms with E-state index in [1.165, 1.54) is 0 Å². The third kappa shape index (κ3) is 5.85. The van der Waals surface area contributed by atoms with Gasteiger partial charge in [-0.15, -0.1) is 0 Å². The lowest BCUT2D eigenvalue weighted by molar-refractivity contribution is -0.116. The summed E-state index contributed by atoms with van der Waals surface area (Å²) >= 11 is 6.07. The molecule has 5 nitrogen and oxygen atoms in total. The lowest BCUT2D eigenvalue weighted by atomic mass is 10.2. The van der Waals surface area contributed by atoms with Gasteiger partial charge in [0.15, 0.2) is 0 Å². The minimum Gasteiger partial charge on any atom is -0.495 e. The molecule has 0 atom stereocenters. The van der Waals surface area contributed by atoms with Crippen molar-refractivity contribution in [3.8, 4) is 17.2 Å². The fourth-order valence-electron chi connectivity index (χ4n) is 2.36. The number of carbonyl (C=O) groups excluding carboxylic acids is 1. The number of rotatable bonds is 9. The molecule has 1 N–H and O–H groups in total. The molecule has 0 radical (unpaired) electrons. The molecule has 2 aromatic carbocycles. The molecule has 0 aromatic heterocycles. The minimum absolute atomic E-state index is 0.0969. The second-order valence-electron chi connectivity index (χ2n) is 5.71. The molecule has 0 aliphatic carbocycles. The molecule has 140 valence electrons. The van der Waals surface area contributed by atoms with E-state index >= 15 is 0 Å². The van der Waals surface area contributed by atoms with E-state index in [-0.39, 0.29) is 5.91 Å². The van der Waals surface area contributed by atoms with E-state index in [9.17, 15) is 4.79 Å². The SMILES string of the molecule is CCOc1ccc(OCCCC(=O)Nc2cc(C)c(Cl)cc2OC)cc1. The average molecular weight is 378 g/mol. The molecule has 0 aliphatic heterocycles. The smallest absolute Gasteiger partial charge is 0.224 e. The van der Waals surface area contributed by atoms with Gasteiger partial charge in [0, 0.05) is 17.5 Å². The summed E-state index contributed by atoms with van der Waals surface area (Å²) in [7, 11) is 1.54. The van der Waals surface area contributed by atoms with Gasteiger partial charge in [-0.25, -0.2) is 0 Å². The first-order valence-electron chi connectivity index (χ1n) is 8.53. The van der Waals surface area contributed by atoms with Gasteiger partial charge >= 0.3 is 0 Å². The third-order valence-corrected chi connectivity index (χ3v) is 4.11. The Morgan fingerprint density at radius 3 is 2.38 bits per heavy atom. The fraction of sp³-hybridized carbons (Fsp3) is 0.350. The largest absolute Gasteiger partial charge is 0.495 e. The molecule has 2 aromatic rings. The maximum atomic E-state index is 12.1. The minimum atomic E-state index is -0.0969. The van der Waals surface area contributed by atoms with Gasteiger partial charge in [-0.2, -0.15) is 0 Å². The number of hydrogen-bond donors (Lipinski definition) is 1. The molecule has 0 fully saturated rings. The van der Waals surface area contributed by atoms with E-state index in [4.69, 9.17) is 25.8 Å². The summed E-state index contributed by atoms with van der Waals surface area (Å²) in [6.07, 6.45) is 0.954. The van der Waals surface area contributed by atoms with Gasteiger partial charge in [0.2, 0.25) is 5.91 Å². The average Bonchev–Trinajstić information content (AvgIpc) is 2.63. The Balaban J connectivity index is 1.78. The Morgan fingerprint density at radius 1 is 1.12 bits per heavy atom. The summed E-state index contributed by atoms with van der Waals surface area (Å²) in [6.45, 7) is 4.91. The lowest BCUT2D eigenvalue weighted by Gasteiger charge is -2.12. The normalized spacial score (nSPS) is 10.3. The zero-order chi connectivity index (χ0) is 18.9.